The maximum Gasteiger partial charge on any atom is 0.309 e. The molecule has 1 aliphatic rings. The second-order valence-corrected chi connectivity index (χ2v) is 5.31. The molecular formula is C16H23NO4. The molecule has 0 aromatic heterocycles. The molecule has 2 N–H and O–H groups in total. The van der Waals surface area contributed by atoms with Gasteiger partial charge in [-0.2, -0.15) is 0 Å². The minimum atomic E-state index is -0.222. The zero-order chi connectivity index (χ0) is 15.1. The van der Waals surface area contributed by atoms with Crippen LogP contribution in [0.15, 0.2) is 24.3 Å². The topological polar surface area (TPSA) is 70.8 Å². The van der Waals surface area contributed by atoms with Crippen molar-refractivity contribution in [2.45, 2.75) is 44.3 Å². The molecule has 1 aromatic rings. The van der Waals surface area contributed by atoms with Crippen LogP contribution in [0.5, 0.6) is 5.75 Å². The van der Waals surface area contributed by atoms with Crippen LogP contribution in [-0.2, 0) is 14.3 Å². The Hall–Kier alpha value is -1.75. The molecule has 1 aromatic carbocycles. The number of carbonyl (C=O) groups is 1. The largest absolute Gasteiger partial charge is 0.493 e. The normalized spacial score (nSPS) is 21.8. The summed E-state index contributed by atoms with van der Waals surface area (Å²) in [5.74, 6) is 0.445. The van der Waals surface area contributed by atoms with Gasteiger partial charge >= 0.3 is 5.97 Å². The monoisotopic (exact) mass is 293 g/mol. The van der Waals surface area contributed by atoms with Gasteiger partial charge in [0.25, 0.3) is 0 Å². The standard InChI is InChI=1S/C16H23NO4/c1-19-13-5-3-7-15(11-13)21-16(18)8-9-20-14-6-2-4-12(17)10-14/h2,4,6,10,13,15H,3,5,7-9,11,17H2,1H3. The van der Waals surface area contributed by atoms with Gasteiger partial charge in [-0.15, -0.1) is 0 Å². The lowest BCUT2D eigenvalue weighted by Crippen LogP contribution is -2.29. The first kappa shape index (κ1) is 15.6. The molecule has 0 saturated heterocycles. The lowest BCUT2D eigenvalue weighted by Gasteiger charge is -2.27. The van der Waals surface area contributed by atoms with E-state index in [1.165, 1.54) is 0 Å². The fourth-order valence-electron chi connectivity index (χ4n) is 2.52. The fraction of sp³-hybridized carbons (Fsp3) is 0.562. The molecule has 116 valence electrons. The molecule has 0 aliphatic heterocycles. The molecule has 0 spiro atoms. The summed E-state index contributed by atoms with van der Waals surface area (Å²) in [6.07, 6.45) is 4.21. The molecule has 1 saturated carbocycles. The number of methoxy groups -OCH3 is 1. The fourth-order valence-corrected chi connectivity index (χ4v) is 2.52. The van der Waals surface area contributed by atoms with Crippen LogP contribution in [0, 0.1) is 0 Å². The number of nitrogens with two attached hydrogens (primary N) is 1. The number of carbonyl (C=O) groups excluding carboxylic acids is 1. The Kier molecular flexibility index (Phi) is 5.87. The van der Waals surface area contributed by atoms with E-state index >= 15 is 0 Å². The van der Waals surface area contributed by atoms with E-state index in [2.05, 4.69) is 0 Å². The van der Waals surface area contributed by atoms with E-state index < -0.39 is 0 Å². The van der Waals surface area contributed by atoms with Gasteiger partial charge in [-0.1, -0.05) is 6.07 Å². The summed E-state index contributed by atoms with van der Waals surface area (Å²) >= 11 is 0. The van der Waals surface area contributed by atoms with Crippen molar-refractivity contribution >= 4 is 11.7 Å². The number of benzene rings is 1. The average molecular weight is 293 g/mol. The van der Waals surface area contributed by atoms with E-state index in [4.69, 9.17) is 19.9 Å². The van der Waals surface area contributed by atoms with Crippen LogP contribution in [0.25, 0.3) is 0 Å². The van der Waals surface area contributed by atoms with Gasteiger partial charge in [0.2, 0.25) is 0 Å². The molecule has 2 rings (SSSR count). The van der Waals surface area contributed by atoms with Crippen molar-refractivity contribution in [3.8, 4) is 5.75 Å². The summed E-state index contributed by atoms with van der Waals surface area (Å²) in [6, 6.07) is 7.15. The van der Waals surface area contributed by atoms with E-state index in [1.807, 2.05) is 12.1 Å². The van der Waals surface area contributed by atoms with Crippen molar-refractivity contribution in [2.24, 2.45) is 0 Å². The van der Waals surface area contributed by atoms with Gasteiger partial charge in [0.05, 0.1) is 19.1 Å². The van der Waals surface area contributed by atoms with Crippen LogP contribution < -0.4 is 10.5 Å². The van der Waals surface area contributed by atoms with Crippen molar-refractivity contribution in [1.29, 1.82) is 0 Å². The lowest BCUT2D eigenvalue weighted by molar-refractivity contribution is -0.153. The van der Waals surface area contributed by atoms with Gasteiger partial charge in [-0.05, 0) is 31.4 Å². The summed E-state index contributed by atoms with van der Waals surface area (Å²) in [7, 11) is 1.70. The maximum atomic E-state index is 11.8. The van der Waals surface area contributed by atoms with Crippen LogP contribution in [-0.4, -0.2) is 31.9 Å². The zero-order valence-electron chi connectivity index (χ0n) is 12.4. The molecule has 0 radical (unpaired) electrons. The predicted molar refractivity (Wildman–Crippen MR) is 80.1 cm³/mol. The molecule has 1 fully saturated rings. The van der Waals surface area contributed by atoms with Gasteiger partial charge in [0.15, 0.2) is 0 Å². The minimum absolute atomic E-state index is 0.0245. The van der Waals surface area contributed by atoms with Crippen LogP contribution in [0.1, 0.15) is 32.1 Å². The molecule has 0 amide bonds. The minimum Gasteiger partial charge on any atom is -0.493 e. The smallest absolute Gasteiger partial charge is 0.309 e. The maximum absolute atomic E-state index is 11.8. The van der Waals surface area contributed by atoms with Crippen molar-refractivity contribution in [2.75, 3.05) is 19.5 Å². The Morgan fingerprint density at radius 2 is 2.14 bits per heavy atom. The summed E-state index contributed by atoms with van der Waals surface area (Å²) in [6.45, 7) is 0.294. The molecule has 0 heterocycles. The van der Waals surface area contributed by atoms with Crippen molar-refractivity contribution in [3.63, 3.8) is 0 Å². The van der Waals surface area contributed by atoms with Crippen LogP contribution >= 0.6 is 0 Å². The summed E-state index contributed by atoms with van der Waals surface area (Å²) in [5, 5.41) is 0. The highest BCUT2D eigenvalue weighted by Crippen LogP contribution is 2.23. The quantitative estimate of drug-likeness (QED) is 0.644. The summed E-state index contributed by atoms with van der Waals surface area (Å²) in [5.41, 5.74) is 6.30. The Morgan fingerprint density at radius 3 is 2.90 bits per heavy atom. The Labute approximate surface area is 125 Å². The van der Waals surface area contributed by atoms with Crippen molar-refractivity contribution < 1.29 is 19.0 Å². The highest BCUT2D eigenvalue weighted by molar-refractivity contribution is 5.69. The summed E-state index contributed by atoms with van der Waals surface area (Å²) in [4.78, 5) is 11.8. The predicted octanol–water partition coefficient (Wildman–Crippen LogP) is 2.54. The van der Waals surface area contributed by atoms with Crippen LogP contribution in [0.2, 0.25) is 0 Å². The van der Waals surface area contributed by atoms with Gasteiger partial charge in [-0.25, -0.2) is 0 Å². The molecule has 0 bridgehead atoms. The molecular weight excluding hydrogens is 270 g/mol. The summed E-state index contributed by atoms with van der Waals surface area (Å²) < 4.78 is 16.3. The lowest BCUT2D eigenvalue weighted by atomic mass is 9.95. The molecule has 5 nitrogen and oxygen atoms in total. The third-order valence-electron chi connectivity index (χ3n) is 3.64. The Morgan fingerprint density at radius 1 is 1.33 bits per heavy atom. The van der Waals surface area contributed by atoms with E-state index in [1.54, 1.807) is 19.2 Å². The SMILES string of the molecule is COC1CCCC(OC(=O)CCOc2cccc(N)c2)C1. The highest BCUT2D eigenvalue weighted by atomic mass is 16.5. The molecule has 5 heteroatoms. The first-order chi connectivity index (χ1) is 10.2. The van der Waals surface area contributed by atoms with Gasteiger partial charge in [0, 0.05) is 25.3 Å². The molecule has 1 aliphatic carbocycles. The number of ether oxygens (including phenoxy) is 3. The van der Waals surface area contributed by atoms with Crippen molar-refractivity contribution in [3.05, 3.63) is 24.3 Å². The highest BCUT2D eigenvalue weighted by Gasteiger charge is 2.24. The number of hydrogen-bond acceptors (Lipinski definition) is 5. The number of esters is 1. The van der Waals surface area contributed by atoms with E-state index in [9.17, 15) is 4.79 Å². The first-order valence-corrected chi connectivity index (χ1v) is 7.38. The number of hydrogen-bond donors (Lipinski definition) is 1. The van der Waals surface area contributed by atoms with E-state index in [0.29, 0.717) is 18.0 Å². The Balaban J connectivity index is 1.67. The molecule has 2 unspecified atom stereocenters. The van der Waals surface area contributed by atoms with Crippen molar-refractivity contribution in [1.82, 2.24) is 0 Å². The van der Waals surface area contributed by atoms with Gasteiger partial charge in [0.1, 0.15) is 11.9 Å². The number of rotatable bonds is 6. The third kappa shape index (κ3) is 5.27. The Bertz CT molecular complexity index is 463. The second kappa shape index (κ2) is 7.88. The number of nitrogen functional groups attached to an aromatic ring is 1. The molecule has 21 heavy (non-hydrogen) atoms. The van der Waals surface area contributed by atoms with Crippen LogP contribution in [0.4, 0.5) is 5.69 Å². The van der Waals surface area contributed by atoms with Gasteiger partial charge < -0.3 is 19.9 Å². The zero-order valence-corrected chi connectivity index (χ0v) is 12.4. The number of anilines is 1. The third-order valence-corrected chi connectivity index (χ3v) is 3.64. The average Bonchev–Trinajstić information content (AvgIpc) is 2.47. The van der Waals surface area contributed by atoms with Crippen LogP contribution in [0.3, 0.4) is 0 Å². The van der Waals surface area contributed by atoms with E-state index in [-0.39, 0.29) is 24.6 Å². The van der Waals surface area contributed by atoms with E-state index in [0.717, 1.165) is 25.7 Å². The first-order valence-electron chi connectivity index (χ1n) is 7.38. The second-order valence-electron chi connectivity index (χ2n) is 5.31. The molecule has 2 atom stereocenters. The van der Waals surface area contributed by atoms with Gasteiger partial charge in [-0.3, -0.25) is 4.79 Å².